The van der Waals surface area contributed by atoms with Crippen LogP contribution < -0.4 is 10.1 Å². The molecule has 0 spiro atoms. The third kappa shape index (κ3) is 5.54. The Balaban J connectivity index is 1.47. The van der Waals surface area contributed by atoms with E-state index in [4.69, 9.17) is 10.00 Å². The van der Waals surface area contributed by atoms with Crippen molar-refractivity contribution in [3.63, 3.8) is 0 Å². The summed E-state index contributed by atoms with van der Waals surface area (Å²) in [5.74, 6) is 1.12. The van der Waals surface area contributed by atoms with Crippen LogP contribution in [0.2, 0.25) is 0 Å². The van der Waals surface area contributed by atoms with E-state index in [1.165, 1.54) is 23.1 Å². The number of aromatic nitrogens is 2. The zero-order valence-corrected chi connectivity index (χ0v) is 16.1. The Kier molecular flexibility index (Phi) is 6.41. The summed E-state index contributed by atoms with van der Waals surface area (Å²) in [5.41, 5.74) is 2.70. The lowest BCUT2D eigenvalue weighted by Crippen LogP contribution is -2.20. The Morgan fingerprint density at radius 2 is 2.00 bits per heavy atom. The van der Waals surface area contributed by atoms with Crippen molar-refractivity contribution in [3.8, 4) is 11.8 Å². The lowest BCUT2D eigenvalue weighted by Gasteiger charge is -2.07. The summed E-state index contributed by atoms with van der Waals surface area (Å²) in [6.45, 7) is 1.84. The predicted octanol–water partition coefficient (Wildman–Crippen LogP) is 4.03. The summed E-state index contributed by atoms with van der Waals surface area (Å²) in [4.78, 5) is 12.0. The molecule has 27 heavy (non-hydrogen) atoms. The van der Waals surface area contributed by atoms with Crippen LogP contribution in [0, 0.1) is 18.3 Å². The second-order valence-electron chi connectivity index (χ2n) is 5.57. The lowest BCUT2D eigenvalue weighted by molar-refractivity contribution is -0.118. The molecule has 136 valence electrons. The molecule has 0 fully saturated rings. The van der Waals surface area contributed by atoms with Gasteiger partial charge in [-0.1, -0.05) is 53.4 Å². The van der Waals surface area contributed by atoms with Crippen LogP contribution in [-0.2, 0) is 10.5 Å². The second kappa shape index (κ2) is 9.16. The maximum atomic E-state index is 12.0. The summed E-state index contributed by atoms with van der Waals surface area (Å²) in [6.07, 6.45) is 0. The monoisotopic (exact) mass is 396 g/mol. The van der Waals surface area contributed by atoms with Gasteiger partial charge < -0.3 is 4.74 Å². The van der Waals surface area contributed by atoms with Crippen LogP contribution in [-0.4, -0.2) is 22.7 Å². The highest BCUT2D eigenvalue weighted by Gasteiger charge is 2.10. The number of hydrogen-bond acceptors (Lipinski definition) is 7. The number of nitrogens with one attached hydrogen (secondary N) is 1. The Morgan fingerprint density at radius 3 is 2.74 bits per heavy atom. The maximum Gasteiger partial charge on any atom is 0.264 e. The second-order valence-corrected chi connectivity index (χ2v) is 7.77. The molecule has 0 saturated carbocycles. The van der Waals surface area contributed by atoms with E-state index < -0.39 is 0 Å². The quantitative estimate of drug-likeness (QED) is 0.479. The number of hydrogen-bond donors (Lipinski definition) is 1. The normalized spacial score (nSPS) is 10.2. The summed E-state index contributed by atoms with van der Waals surface area (Å²) in [7, 11) is 0. The lowest BCUT2D eigenvalue weighted by atomic mass is 10.2. The average Bonchev–Trinajstić information content (AvgIpc) is 3.13. The summed E-state index contributed by atoms with van der Waals surface area (Å²) < 4.78 is 6.28. The van der Waals surface area contributed by atoms with Gasteiger partial charge in [0.2, 0.25) is 5.13 Å². The molecule has 6 nitrogen and oxygen atoms in total. The van der Waals surface area contributed by atoms with Gasteiger partial charge in [0.15, 0.2) is 10.9 Å². The fraction of sp³-hybridized carbons (Fsp3) is 0.158. The van der Waals surface area contributed by atoms with Crippen LogP contribution in [0.5, 0.6) is 5.75 Å². The van der Waals surface area contributed by atoms with E-state index in [-0.39, 0.29) is 12.5 Å². The first-order valence-electron chi connectivity index (χ1n) is 8.07. The van der Waals surface area contributed by atoms with E-state index in [2.05, 4.69) is 21.6 Å². The molecule has 0 atom stereocenters. The first kappa shape index (κ1) is 18.9. The van der Waals surface area contributed by atoms with Crippen molar-refractivity contribution in [2.24, 2.45) is 0 Å². The predicted molar refractivity (Wildman–Crippen MR) is 106 cm³/mol. The fourth-order valence-corrected chi connectivity index (χ4v) is 3.88. The topological polar surface area (TPSA) is 87.9 Å². The third-order valence-corrected chi connectivity index (χ3v) is 5.59. The van der Waals surface area contributed by atoms with E-state index in [1.807, 2.05) is 43.3 Å². The molecule has 0 aliphatic heterocycles. The molecule has 1 heterocycles. The molecule has 3 rings (SSSR count). The zero-order valence-electron chi connectivity index (χ0n) is 14.5. The van der Waals surface area contributed by atoms with E-state index >= 15 is 0 Å². The molecule has 0 unspecified atom stereocenters. The Morgan fingerprint density at radius 1 is 1.22 bits per heavy atom. The van der Waals surface area contributed by atoms with Crippen molar-refractivity contribution < 1.29 is 9.53 Å². The highest BCUT2D eigenvalue weighted by Crippen LogP contribution is 2.28. The highest BCUT2D eigenvalue weighted by molar-refractivity contribution is 8.00. The summed E-state index contributed by atoms with van der Waals surface area (Å²) in [5, 5.41) is 20.0. The van der Waals surface area contributed by atoms with E-state index in [0.717, 1.165) is 15.5 Å². The number of aryl methyl sites for hydroxylation is 1. The van der Waals surface area contributed by atoms with Crippen molar-refractivity contribution in [1.82, 2.24) is 10.2 Å². The molecule has 0 bridgehead atoms. The molecule has 0 radical (unpaired) electrons. The minimum atomic E-state index is -0.280. The molecule has 1 aromatic heterocycles. The standard InChI is InChI=1S/C19H16N4O2S2/c1-13-4-2-3-5-16(13)25-11-17(24)21-18-22-23-19(27-18)26-12-15-8-6-14(10-20)7-9-15/h2-9H,11-12H2,1H3,(H,21,22,24). The summed E-state index contributed by atoms with van der Waals surface area (Å²) >= 11 is 2.84. The van der Waals surface area contributed by atoms with Crippen molar-refractivity contribution in [1.29, 1.82) is 5.26 Å². The van der Waals surface area contributed by atoms with Gasteiger partial charge in [0, 0.05) is 5.75 Å². The molecule has 0 aliphatic carbocycles. The fourth-order valence-electron chi connectivity index (χ4n) is 2.16. The highest BCUT2D eigenvalue weighted by atomic mass is 32.2. The average molecular weight is 396 g/mol. The smallest absolute Gasteiger partial charge is 0.264 e. The Bertz CT molecular complexity index is 964. The van der Waals surface area contributed by atoms with Crippen molar-refractivity contribution in [2.45, 2.75) is 17.0 Å². The van der Waals surface area contributed by atoms with Crippen molar-refractivity contribution in [3.05, 3.63) is 65.2 Å². The number of nitriles is 1. The van der Waals surface area contributed by atoms with Crippen LogP contribution in [0.25, 0.3) is 0 Å². The molecule has 2 aromatic carbocycles. The number of para-hydroxylation sites is 1. The number of nitrogens with zero attached hydrogens (tertiary/aromatic N) is 3. The zero-order chi connectivity index (χ0) is 19.1. The molecule has 3 aromatic rings. The molecule has 8 heteroatoms. The molecular weight excluding hydrogens is 380 g/mol. The number of carbonyl (C=O) groups is 1. The SMILES string of the molecule is Cc1ccccc1OCC(=O)Nc1nnc(SCc2ccc(C#N)cc2)s1. The van der Waals surface area contributed by atoms with Crippen molar-refractivity contribution in [2.75, 3.05) is 11.9 Å². The van der Waals surface area contributed by atoms with Gasteiger partial charge >= 0.3 is 0 Å². The van der Waals surface area contributed by atoms with Gasteiger partial charge in [0.25, 0.3) is 5.91 Å². The first-order valence-corrected chi connectivity index (χ1v) is 9.88. The molecule has 1 N–H and O–H groups in total. The van der Waals surface area contributed by atoms with Crippen LogP contribution in [0.1, 0.15) is 16.7 Å². The first-order chi connectivity index (χ1) is 13.1. The molecule has 0 saturated heterocycles. The van der Waals surface area contributed by atoms with Gasteiger partial charge in [0.05, 0.1) is 11.6 Å². The molecule has 0 aliphatic rings. The number of ether oxygens (including phenoxy) is 1. The Hall–Kier alpha value is -2.89. The number of benzene rings is 2. The number of thioether (sulfide) groups is 1. The van der Waals surface area contributed by atoms with E-state index in [1.54, 1.807) is 12.1 Å². The van der Waals surface area contributed by atoms with Gasteiger partial charge in [-0.25, -0.2) is 0 Å². The number of amides is 1. The number of carbonyl (C=O) groups excluding carboxylic acids is 1. The maximum absolute atomic E-state index is 12.0. The number of rotatable bonds is 7. The van der Waals surface area contributed by atoms with E-state index in [9.17, 15) is 4.79 Å². The largest absolute Gasteiger partial charge is 0.483 e. The Labute approximate surface area is 165 Å². The van der Waals surface area contributed by atoms with Gasteiger partial charge in [-0.05, 0) is 36.2 Å². The van der Waals surface area contributed by atoms with Crippen LogP contribution in [0.4, 0.5) is 5.13 Å². The van der Waals surface area contributed by atoms with Gasteiger partial charge in [-0.2, -0.15) is 5.26 Å². The van der Waals surface area contributed by atoms with Crippen molar-refractivity contribution >= 4 is 34.1 Å². The molecule has 1 amide bonds. The van der Waals surface area contributed by atoms with E-state index in [0.29, 0.717) is 22.2 Å². The van der Waals surface area contributed by atoms with Gasteiger partial charge in [-0.15, -0.1) is 10.2 Å². The van der Waals surface area contributed by atoms with Crippen LogP contribution in [0.15, 0.2) is 52.9 Å². The minimum absolute atomic E-state index is 0.0852. The van der Waals surface area contributed by atoms with Gasteiger partial charge in [-0.3, -0.25) is 10.1 Å². The van der Waals surface area contributed by atoms with Gasteiger partial charge in [0.1, 0.15) is 5.75 Å². The molecular formula is C19H16N4O2S2. The third-order valence-electron chi connectivity index (χ3n) is 3.55. The summed E-state index contributed by atoms with van der Waals surface area (Å²) in [6, 6.07) is 17.0. The van der Waals surface area contributed by atoms with Crippen LogP contribution in [0.3, 0.4) is 0 Å². The number of anilines is 1. The minimum Gasteiger partial charge on any atom is -0.483 e. The van der Waals surface area contributed by atoms with Crippen LogP contribution >= 0.6 is 23.1 Å².